The highest BCUT2D eigenvalue weighted by atomic mass is 31.2. The van der Waals surface area contributed by atoms with Gasteiger partial charge in [-0.05, 0) is 128 Å². The molecule has 11 nitrogen and oxygen atoms in total. The van der Waals surface area contributed by atoms with Crippen LogP contribution in [0.25, 0.3) is 0 Å². The summed E-state index contributed by atoms with van der Waals surface area (Å²) in [5.74, 6) is -1.55. The average Bonchev–Trinajstić information content (AvgIpc) is 3.41. The third-order valence-corrected chi connectivity index (χ3v) is 12.8. The molecule has 0 radical (unpaired) electrons. The molecule has 0 aromatic heterocycles. The lowest BCUT2D eigenvalue weighted by molar-refractivity contribution is -0.161. The largest absolute Gasteiger partial charge is 0.472 e. The first-order chi connectivity index (χ1) is 37.2. The van der Waals surface area contributed by atoms with E-state index in [1.54, 1.807) is 0 Å². The Hall–Kier alpha value is -4.12. The molecule has 0 saturated heterocycles. The number of phosphoric acid groups is 1. The van der Waals surface area contributed by atoms with E-state index in [1.807, 2.05) is 0 Å². The fourth-order valence-electron chi connectivity index (χ4n) is 7.43. The number of rotatable bonds is 53. The molecule has 12 heteroatoms. The molecular weight excluding hydrogens is 976 g/mol. The van der Waals surface area contributed by atoms with Crippen molar-refractivity contribution in [3.63, 3.8) is 0 Å². The molecule has 0 rings (SSSR count). The minimum atomic E-state index is -4.77. The first-order valence-electron chi connectivity index (χ1n) is 29.4. The Bertz CT molecular complexity index is 1740. The van der Waals surface area contributed by atoms with Gasteiger partial charge in [0, 0.05) is 19.3 Å². The van der Waals surface area contributed by atoms with Crippen LogP contribution in [0.3, 0.4) is 0 Å². The van der Waals surface area contributed by atoms with Crippen molar-refractivity contribution in [2.24, 2.45) is 0 Å². The van der Waals surface area contributed by atoms with E-state index in [-0.39, 0.29) is 25.9 Å². The molecule has 0 spiro atoms. The van der Waals surface area contributed by atoms with E-state index < -0.39 is 57.8 Å². The molecule has 0 aromatic rings. The summed E-state index contributed by atoms with van der Waals surface area (Å²) in [6.45, 7) is 4.30. The lowest BCUT2D eigenvalue weighted by Crippen LogP contribution is -2.30. The van der Waals surface area contributed by atoms with Gasteiger partial charge in [-0.25, -0.2) is 4.57 Å². The molecular formula is C64H105O11P. The van der Waals surface area contributed by atoms with Crippen molar-refractivity contribution in [1.82, 2.24) is 0 Å². The van der Waals surface area contributed by atoms with Gasteiger partial charge in [-0.1, -0.05) is 200 Å². The molecule has 0 saturated carbocycles. The monoisotopic (exact) mass is 1080 g/mol. The summed E-state index contributed by atoms with van der Waals surface area (Å²) in [4.78, 5) is 48.6. The number of unbranched alkanes of at least 4 members (excludes halogenated alkanes) is 16. The standard InChI is InChI=1S/C64H105O11P/c1-4-7-10-13-16-19-22-25-27-29-30-32-33-36-38-41-44-47-50-53-62(66)71-57-61(75-64(68)55-52-49-46-43-40-37-34-31-28-26-23-20-17-14-11-8-5-2)59-73-76(69,70)72-58-60(56-65)74-63(67)54-51-48-45-42-39-35-24-21-18-15-12-9-6-3/h8-9,11-12,16-21,25-28,30,32,34-35,37,39,60-61,65H,4-7,10,13-15,22-24,29,31,33,36,38,40-59H2,1-3H3,(H,69,70)/b11-8-,12-9-,19-16-,20-17-,21-18-,27-25-,28-26-,32-30-,37-34-,39-35-. The van der Waals surface area contributed by atoms with Gasteiger partial charge in [0.05, 0.1) is 19.8 Å². The summed E-state index contributed by atoms with van der Waals surface area (Å²) in [7, 11) is -4.77. The molecule has 3 unspecified atom stereocenters. The zero-order chi connectivity index (χ0) is 55.5. The number of aliphatic hydroxyl groups excluding tert-OH is 1. The van der Waals surface area contributed by atoms with Crippen molar-refractivity contribution < 1.29 is 52.2 Å². The van der Waals surface area contributed by atoms with Crippen molar-refractivity contribution in [3.05, 3.63) is 122 Å². The molecule has 0 fully saturated rings. The summed E-state index contributed by atoms with van der Waals surface area (Å²) in [5, 5.41) is 9.81. The van der Waals surface area contributed by atoms with Crippen LogP contribution < -0.4 is 0 Å². The van der Waals surface area contributed by atoms with Crippen LogP contribution in [0.5, 0.6) is 0 Å². The number of esters is 3. The molecule has 0 amide bonds. The Morgan fingerprint density at radius 3 is 1.07 bits per heavy atom. The smallest absolute Gasteiger partial charge is 0.462 e. The third-order valence-electron chi connectivity index (χ3n) is 11.8. The van der Waals surface area contributed by atoms with E-state index in [4.69, 9.17) is 23.3 Å². The van der Waals surface area contributed by atoms with Crippen molar-refractivity contribution >= 4 is 25.7 Å². The first-order valence-corrected chi connectivity index (χ1v) is 30.9. The second-order valence-corrected chi connectivity index (χ2v) is 20.5. The minimum absolute atomic E-state index is 0.128. The van der Waals surface area contributed by atoms with Gasteiger partial charge in [0.25, 0.3) is 0 Å². The molecule has 0 heterocycles. The van der Waals surface area contributed by atoms with Crippen LogP contribution >= 0.6 is 7.82 Å². The molecule has 0 aliphatic heterocycles. The Kier molecular flexibility index (Phi) is 54.0. The van der Waals surface area contributed by atoms with Crippen LogP contribution in [0, 0.1) is 0 Å². The van der Waals surface area contributed by atoms with Gasteiger partial charge in [-0.2, -0.15) is 0 Å². The Morgan fingerprint density at radius 1 is 0.382 bits per heavy atom. The SMILES string of the molecule is CC/C=C\C/C=C\C/C=C\C/C=C\CCCCCCC(=O)OC(COC(=O)CCCCCCCC/C=C\C/C=C\C/C=C\CCCCC)COP(=O)(O)OCC(CO)OC(=O)CCCCC/C=C\C/C=C\C/C=C\CC. The van der Waals surface area contributed by atoms with Crippen LogP contribution in [0.1, 0.15) is 226 Å². The number of hydrogen-bond acceptors (Lipinski definition) is 10. The number of phosphoric ester groups is 1. The highest BCUT2D eigenvalue weighted by Crippen LogP contribution is 2.43. The zero-order valence-corrected chi connectivity index (χ0v) is 48.6. The minimum Gasteiger partial charge on any atom is -0.462 e. The molecule has 3 atom stereocenters. The van der Waals surface area contributed by atoms with Crippen LogP contribution in [-0.4, -0.2) is 66.5 Å². The second kappa shape index (κ2) is 57.1. The van der Waals surface area contributed by atoms with E-state index in [1.165, 1.54) is 25.7 Å². The molecule has 0 aromatic carbocycles. The van der Waals surface area contributed by atoms with Gasteiger partial charge in [0.2, 0.25) is 0 Å². The number of carbonyl (C=O) groups is 3. The Balaban J connectivity index is 4.83. The molecule has 0 aliphatic carbocycles. The van der Waals surface area contributed by atoms with Gasteiger partial charge < -0.3 is 24.2 Å². The topological polar surface area (TPSA) is 155 Å². The normalized spacial score (nSPS) is 14.2. The van der Waals surface area contributed by atoms with Crippen molar-refractivity contribution in [2.75, 3.05) is 26.4 Å². The predicted molar refractivity (Wildman–Crippen MR) is 316 cm³/mol. The van der Waals surface area contributed by atoms with Gasteiger partial charge in [-0.3, -0.25) is 23.4 Å². The molecule has 2 N–H and O–H groups in total. The van der Waals surface area contributed by atoms with Crippen LogP contribution in [0.15, 0.2) is 122 Å². The first kappa shape index (κ1) is 71.9. The van der Waals surface area contributed by atoms with Gasteiger partial charge in [0.15, 0.2) is 6.10 Å². The van der Waals surface area contributed by atoms with Crippen molar-refractivity contribution in [1.29, 1.82) is 0 Å². The Labute approximate surface area is 462 Å². The predicted octanol–water partition coefficient (Wildman–Crippen LogP) is 17.6. The number of ether oxygens (including phenoxy) is 3. The van der Waals surface area contributed by atoms with Gasteiger partial charge >= 0.3 is 25.7 Å². The third kappa shape index (κ3) is 54.7. The van der Waals surface area contributed by atoms with E-state index in [9.17, 15) is 28.9 Å². The summed E-state index contributed by atoms with van der Waals surface area (Å²) >= 11 is 0. The van der Waals surface area contributed by atoms with Gasteiger partial charge in [-0.15, -0.1) is 0 Å². The number of aliphatic hydroxyl groups is 1. The fourth-order valence-corrected chi connectivity index (χ4v) is 8.21. The van der Waals surface area contributed by atoms with Crippen molar-refractivity contribution in [2.45, 2.75) is 238 Å². The van der Waals surface area contributed by atoms with Crippen LogP contribution in [0.4, 0.5) is 0 Å². The summed E-state index contributed by atoms with van der Waals surface area (Å²) in [6.07, 6.45) is 70.1. The maximum atomic E-state index is 12.9. The lowest BCUT2D eigenvalue weighted by atomic mass is 10.1. The van der Waals surface area contributed by atoms with Crippen molar-refractivity contribution in [3.8, 4) is 0 Å². The second-order valence-electron chi connectivity index (χ2n) is 19.0. The fraction of sp³-hybridized carbons (Fsp3) is 0.641. The quantitative estimate of drug-likeness (QED) is 0.0197. The number of allylic oxidation sites excluding steroid dienone is 20. The van der Waals surface area contributed by atoms with Crippen LogP contribution in [-0.2, 0) is 42.2 Å². The number of carbonyl (C=O) groups excluding carboxylic acids is 3. The van der Waals surface area contributed by atoms with E-state index in [2.05, 4.69) is 142 Å². The van der Waals surface area contributed by atoms with E-state index >= 15 is 0 Å². The molecule has 432 valence electrons. The Morgan fingerprint density at radius 2 is 0.684 bits per heavy atom. The average molecular weight is 1080 g/mol. The van der Waals surface area contributed by atoms with E-state index in [0.29, 0.717) is 19.3 Å². The highest BCUT2D eigenvalue weighted by Gasteiger charge is 2.28. The summed E-state index contributed by atoms with van der Waals surface area (Å²) in [5.41, 5.74) is 0. The molecule has 0 aliphatic rings. The number of hydrogen-bond donors (Lipinski definition) is 2. The summed E-state index contributed by atoms with van der Waals surface area (Å²) in [6, 6.07) is 0. The van der Waals surface area contributed by atoms with Gasteiger partial charge in [0.1, 0.15) is 12.7 Å². The van der Waals surface area contributed by atoms with Crippen LogP contribution in [0.2, 0.25) is 0 Å². The summed E-state index contributed by atoms with van der Waals surface area (Å²) < 4.78 is 39.5. The maximum absolute atomic E-state index is 12.9. The highest BCUT2D eigenvalue weighted by molar-refractivity contribution is 7.47. The zero-order valence-electron chi connectivity index (χ0n) is 47.7. The lowest BCUT2D eigenvalue weighted by Gasteiger charge is -2.21. The molecule has 76 heavy (non-hydrogen) atoms. The van der Waals surface area contributed by atoms with E-state index in [0.717, 1.165) is 141 Å². The molecule has 0 bridgehead atoms. The maximum Gasteiger partial charge on any atom is 0.472 e.